The van der Waals surface area contributed by atoms with Gasteiger partial charge < -0.3 is 0 Å². The van der Waals surface area contributed by atoms with Crippen LogP contribution in [0.5, 0.6) is 0 Å². The largest absolute Gasteiger partial charge is 0.298 e. The lowest BCUT2D eigenvalue weighted by atomic mass is 9.36. The maximum Gasteiger partial charge on any atom is 0.168 e. The number of carbonyl (C=O) groups excluding carboxylic acids is 4. The van der Waals surface area contributed by atoms with Gasteiger partial charge in [-0.3, -0.25) is 19.2 Å². The summed E-state index contributed by atoms with van der Waals surface area (Å²) in [5.74, 6) is -3.14. The molecule has 4 heteroatoms. The summed E-state index contributed by atoms with van der Waals surface area (Å²) in [6.45, 7) is 21.5. The van der Waals surface area contributed by atoms with Crippen molar-refractivity contribution in [2.45, 2.75) is 115 Å². The summed E-state index contributed by atoms with van der Waals surface area (Å²) in [6.07, 6.45) is 10.8. The molecule has 216 valence electrons. The predicted molar refractivity (Wildman–Crippen MR) is 160 cm³/mol. The van der Waals surface area contributed by atoms with E-state index in [1.54, 1.807) is 13.8 Å². The van der Waals surface area contributed by atoms with E-state index in [9.17, 15) is 19.2 Å². The summed E-state index contributed by atoms with van der Waals surface area (Å²) in [7, 11) is 0. The first-order valence-corrected chi connectivity index (χ1v) is 14.7. The zero-order valence-corrected chi connectivity index (χ0v) is 26.4. The fourth-order valence-corrected chi connectivity index (χ4v) is 6.93. The summed E-state index contributed by atoms with van der Waals surface area (Å²) >= 11 is 0. The van der Waals surface area contributed by atoms with Crippen molar-refractivity contribution in [1.82, 2.24) is 0 Å². The first-order chi connectivity index (χ1) is 18.0. The quantitative estimate of drug-likeness (QED) is 0.196. The van der Waals surface area contributed by atoms with Gasteiger partial charge in [-0.15, -0.1) is 0 Å². The Labute approximate surface area is 237 Å². The minimum Gasteiger partial charge on any atom is -0.298 e. The average molecular weight is 537 g/mol. The predicted octanol–water partition coefficient (Wildman–Crippen LogP) is 8.36. The third-order valence-corrected chi connectivity index (χ3v) is 9.14. The zero-order valence-electron chi connectivity index (χ0n) is 26.4. The topological polar surface area (TPSA) is 68.3 Å². The third kappa shape index (κ3) is 5.91. The number of carbonyl (C=O) groups is 4. The lowest BCUT2D eigenvalue weighted by molar-refractivity contribution is -0.190. The highest BCUT2D eigenvalue weighted by molar-refractivity contribution is 6.38. The van der Waals surface area contributed by atoms with E-state index >= 15 is 0 Å². The van der Waals surface area contributed by atoms with Crippen LogP contribution in [0.25, 0.3) is 0 Å². The summed E-state index contributed by atoms with van der Waals surface area (Å²) in [6, 6.07) is 0. The molecule has 0 N–H and O–H groups in total. The molecule has 5 atom stereocenters. The number of rotatable bonds is 11. The molecule has 0 aromatic rings. The summed E-state index contributed by atoms with van der Waals surface area (Å²) in [5, 5.41) is 0. The van der Waals surface area contributed by atoms with E-state index in [1.807, 2.05) is 74.5 Å². The van der Waals surface area contributed by atoms with Crippen molar-refractivity contribution in [1.29, 1.82) is 0 Å². The van der Waals surface area contributed by atoms with Gasteiger partial charge in [0, 0.05) is 5.92 Å². The monoisotopic (exact) mass is 536 g/mol. The van der Waals surface area contributed by atoms with Crippen LogP contribution in [-0.2, 0) is 19.2 Å². The number of Topliss-reactive ketones (excluding diaryl/α,β-unsaturated/α-hetero) is 4. The van der Waals surface area contributed by atoms with Gasteiger partial charge in [-0.25, -0.2) is 0 Å². The molecular weight excluding hydrogens is 484 g/mol. The van der Waals surface area contributed by atoms with Crippen molar-refractivity contribution >= 4 is 23.1 Å². The molecule has 2 aliphatic rings. The second-order valence-electron chi connectivity index (χ2n) is 13.6. The zero-order chi connectivity index (χ0) is 29.9. The molecule has 39 heavy (non-hydrogen) atoms. The maximum atomic E-state index is 15.0. The second-order valence-corrected chi connectivity index (χ2v) is 13.6. The van der Waals surface area contributed by atoms with Gasteiger partial charge in [0.15, 0.2) is 28.5 Å². The van der Waals surface area contributed by atoms with Crippen molar-refractivity contribution in [3.63, 3.8) is 0 Å². The number of hydrogen-bond donors (Lipinski definition) is 0. The molecule has 0 aromatic carbocycles. The van der Waals surface area contributed by atoms with Crippen molar-refractivity contribution in [2.24, 2.45) is 34.0 Å². The van der Waals surface area contributed by atoms with E-state index < -0.39 is 39.6 Å². The molecule has 2 fully saturated rings. The first-order valence-electron chi connectivity index (χ1n) is 14.7. The Balaban J connectivity index is 3.04. The van der Waals surface area contributed by atoms with E-state index in [4.69, 9.17) is 0 Å². The van der Waals surface area contributed by atoms with E-state index in [-0.39, 0.29) is 30.3 Å². The molecule has 4 nitrogen and oxygen atoms in total. The van der Waals surface area contributed by atoms with E-state index in [2.05, 4.69) is 12.2 Å². The molecule has 0 radical (unpaired) electrons. The van der Waals surface area contributed by atoms with Crippen LogP contribution in [0.2, 0.25) is 0 Å². The van der Waals surface area contributed by atoms with Crippen LogP contribution in [0.3, 0.4) is 0 Å². The van der Waals surface area contributed by atoms with Gasteiger partial charge in [0.05, 0.1) is 11.3 Å². The van der Waals surface area contributed by atoms with Crippen LogP contribution in [0.4, 0.5) is 0 Å². The minimum atomic E-state index is -1.83. The van der Waals surface area contributed by atoms with Crippen LogP contribution in [0.1, 0.15) is 115 Å². The average Bonchev–Trinajstić information content (AvgIpc) is 2.81. The Hall–Kier alpha value is -2.36. The fourth-order valence-electron chi connectivity index (χ4n) is 6.93. The first kappa shape index (κ1) is 32.8. The molecule has 2 aliphatic carbocycles. The van der Waals surface area contributed by atoms with Crippen molar-refractivity contribution < 1.29 is 19.2 Å². The molecule has 0 aliphatic heterocycles. The van der Waals surface area contributed by atoms with Gasteiger partial charge in [-0.1, -0.05) is 67.4 Å². The lowest BCUT2D eigenvalue weighted by Gasteiger charge is -2.62. The number of fused-ring (bicyclic) bond motifs is 2. The summed E-state index contributed by atoms with van der Waals surface area (Å²) in [5.41, 5.74) is 0.221. The molecule has 2 bridgehead atoms. The molecule has 2 rings (SSSR count). The molecule has 0 amide bonds. The van der Waals surface area contributed by atoms with Crippen molar-refractivity contribution in [3.05, 3.63) is 46.6 Å². The van der Waals surface area contributed by atoms with Gasteiger partial charge >= 0.3 is 0 Å². The molecule has 1 unspecified atom stereocenters. The standard InChI is InChI=1S/C35H52O4/c1-22(2)13-12-19-33(11)27(16-14-23(3)4)21-34(20-18-25(7)8)30(37)28(17-15-24(5)6)31(38)35(33,32(34)39)29(36)26(9)10/h13-15,18,26-28H,12,16-17,19-21H2,1-11H3/t27-,28?,33+,34+,35-/m0/s1. The van der Waals surface area contributed by atoms with Gasteiger partial charge in [-0.05, 0) is 105 Å². The normalized spacial score (nSPS) is 30.1. The van der Waals surface area contributed by atoms with Crippen LogP contribution in [0.15, 0.2) is 46.6 Å². The van der Waals surface area contributed by atoms with E-state index in [0.717, 1.165) is 22.3 Å². The molecule has 2 saturated carbocycles. The number of ketones is 4. The van der Waals surface area contributed by atoms with Crippen molar-refractivity contribution in [2.75, 3.05) is 0 Å². The summed E-state index contributed by atoms with van der Waals surface area (Å²) in [4.78, 5) is 58.7. The highest BCUT2D eigenvalue weighted by atomic mass is 16.2. The highest BCUT2D eigenvalue weighted by Crippen LogP contribution is 2.66. The Kier molecular flexibility index (Phi) is 10.5. The molecule has 0 aromatic heterocycles. The number of hydrogen-bond acceptors (Lipinski definition) is 4. The van der Waals surface area contributed by atoms with Crippen LogP contribution >= 0.6 is 0 Å². The Morgan fingerprint density at radius 1 is 0.795 bits per heavy atom. The van der Waals surface area contributed by atoms with Crippen molar-refractivity contribution in [3.8, 4) is 0 Å². The molecular formula is C35H52O4. The third-order valence-electron chi connectivity index (χ3n) is 9.14. The van der Waals surface area contributed by atoms with Gasteiger partial charge in [0.1, 0.15) is 0 Å². The molecule has 0 spiro atoms. The Morgan fingerprint density at radius 2 is 1.31 bits per heavy atom. The van der Waals surface area contributed by atoms with Gasteiger partial charge in [0.2, 0.25) is 0 Å². The minimum absolute atomic E-state index is 0.166. The fraction of sp³-hybridized carbons (Fsp3) is 0.657. The maximum absolute atomic E-state index is 15.0. The van der Waals surface area contributed by atoms with Crippen LogP contribution in [0, 0.1) is 34.0 Å². The SMILES string of the molecule is CC(C)=CCC[C@]1(C)[C@@H](CC=C(C)C)C[C@]2(CC=C(C)C)C(=O)C(CC=C(C)C)C(=O)[C@@]1(C(=O)C(C)C)C2=O. The molecule has 0 saturated heterocycles. The smallest absolute Gasteiger partial charge is 0.168 e. The Morgan fingerprint density at radius 3 is 1.79 bits per heavy atom. The second kappa shape index (κ2) is 12.4. The van der Waals surface area contributed by atoms with Gasteiger partial charge in [0.25, 0.3) is 0 Å². The van der Waals surface area contributed by atoms with Crippen LogP contribution < -0.4 is 0 Å². The van der Waals surface area contributed by atoms with E-state index in [1.165, 1.54) is 0 Å². The molecule has 0 heterocycles. The summed E-state index contributed by atoms with van der Waals surface area (Å²) < 4.78 is 0. The number of allylic oxidation sites excluding steroid dienone is 8. The Bertz CT molecular complexity index is 1110. The van der Waals surface area contributed by atoms with Gasteiger partial charge in [-0.2, -0.15) is 0 Å². The highest BCUT2D eigenvalue weighted by Gasteiger charge is 2.77. The lowest BCUT2D eigenvalue weighted by Crippen LogP contribution is -2.75. The van der Waals surface area contributed by atoms with Crippen LogP contribution in [-0.4, -0.2) is 23.1 Å². The van der Waals surface area contributed by atoms with E-state index in [0.29, 0.717) is 25.7 Å².